The molecule has 0 bridgehead atoms. The second-order valence-corrected chi connectivity index (χ2v) is 9.02. The lowest BCUT2D eigenvalue weighted by atomic mass is 9.93. The Morgan fingerprint density at radius 3 is 2.56 bits per heavy atom. The first-order valence-corrected chi connectivity index (χ1v) is 11.6. The lowest BCUT2D eigenvalue weighted by Gasteiger charge is -2.37. The number of nitrogens with one attached hydrogen (secondary N) is 1. The van der Waals surface area contributed by atoms with Gasteiger partial charge in [-0.3, -0.25) is 4.79 Å². The van der Waals surface area contributed by atoms with Gasteiger partial charge in [0.25, 0.3) is 0 Å². The second kappa shape index (κ2) is 11.2. The molecule has 3 rings (SSSR count). The number of carboxylic acids is 1. The van der Waals surface area contributed by atoms with E-state index in [1.54, 1.807) is 43.1 Å². The van der Waals surface area contributed by atoms with E-state index in [0.717, 1.165) is 11.1 Å². The zero-order valence-corrected chi connectivity index (χ0v) is 20.4. The number of halogens is 1. The highest BCUT2D eigenvalue weighted by atomic mass is 35.5. The van der Waals surface area contributed by atoms with Crippen LogP contribution in [0.15, 0.2) is 59.8 Å². The number of allylic oxidation sites excluding steroid dienone is 1. The van der Waals surface area contributed by atoms with Crippen molar-refractivity contribution in [1.29, 1.82) is 0 Å². The van der Waals surface area contributed by atoms with E-state index in [0.29, 0.717) is 42.1 Å². The number of hydrogen-bond donors (Lipinski definition) is 2. The average molecular weight is 484 g/mol. The summed E-state index contributed by atoms with van der Waals surface area (Å²) in [5.74, 6) is -1.08. The first kappa shape index (κ1) is 25.3. The molecule has 2 aromatic rings. The Balaban J connectivity index is 1.66. The standard InChI is InChI=1S/C26H30ClN3O4/c1-17-7-4-8-19(15-17)11-12-22(31)29(3)13-6-14-30-24(20-9-5-10-21(27)16-20)23(25(32)33)18(2)28-26(30)34/h4-5,7-10,15-16,24H,6,11-14H2,1-3H3,(H,28,34)(H,32,33). The molecule has 8 heteroatoms. The van der Waals surface area contributed by atoms with Crippen LogP contribution in [0.25, 0.3) is 0 Å². The van der Waals surface area contributed by atoms with Gasteiger partial charge in [-0.2, -0.15) is 0 Å². The molecule has 34 heavy (non-hydrogen) atoms. The van der Waals surface area contributed by atoms with Crippen LogP contribution in [0, 0.1) is 6.92 Å². The van der Waals surface area contributed by atoms with Gasteiger partial charge in [0.2, 0.25) is 5.91 Å². The molecule has 0 saturated carbocycles. The maximum atomic E-state index is 12.8. The highest BCUT2D eigenvalue weighted by molar-refractivity contribution is 6.30. The Morgan fingerprint density at radius 1 is 1.15 bits per heavy atom. The van der Waals surface area contributed by atoms with Crippen LogP contribution in [0.3, 0.4) is 0 Å². The van der Waals surface area contributed by atoms with E-state index in [-0.39, 0.29) is 24.1 Å². The quantitative estimate of drug-likeness (QED) is 0.547. The third kappa shape index (κ3) is 6.17. The predicted octanol–water partition coefficient (Wildman–Crippen LogP) is 4.55. The van der Waals surface area contributed by atoms with Crippen molar-refractivity contribution in [2.75, 3.05) is 20.1 Å². The Kier molecular flexibility index (Phi) is 8.34. The summed E-state index contributed by atoms with van der Waals surface area (Å²) in [6.45, 7) is 4.33. The minimum atomic E-state index is -1.10. The summed E-state index contributed by atoms with van der Waals surface area (Å²) in [6.07, 6.45) is 1.58. The Labute approximate surface area is 205 Å². The van der Waals surface area contributed by atoms with Crippen LogP contribution in [0.5, 0.6) is 0 Å². The zero-order chi connectivity index (χ0) is 24.8. The van der Waals surface area contributed by atoms with Crippen molar-refractivity contribution in [3.63, 3.8) is 0 Å². The SMILES string of the molecule is CC1=C(C(=O)O)C(c2cccc(Cl)c2)N(CCCN(C)C(=O)CCc2cccc(C)c2)C(=O)N1. The molecule has 1 atom stereocenters. The average Bonchev–Trinajstić information content (AvgIpc) is 2.78. The molecule has 1 unspecified atom stereocenters. The fraction of sp³-hybridized carbons (Fsp3) is 0.346. The minimum Gasteiger partial charge on any atom is -0.478 e. The molecule has 180 valence electrons. The second-order valence-electron chi connectivity index (χ2n) is 8.58. The zero-order valence-electron chi connectivity index (χ0n) is 19.7. The molecule has 7 nitrogen and oxygen atoms in total. The van der Waals surface area contributed by atoms with Gasteiger partial charge >= 0.3 is 12.0 Å². The molecule has 1 heterocycles. The van der Waals surface area contributed by atoms with Crippen LogP contribution in [-0.2, 0) is 16.0 Å². The molecular weight excluding hydrogens is 454 g/mol. The molecule has 0 aromatic heterocycles. The number of carbonyl (C=O) groups is 3. The normalized spacial score (nSPS) is 15.8. The van der Waals surface area contributed by atoms with E-state index >= 15 is 0 Å². The molecule has 0 aliphatic carbocycles. The van der Waals surface area contributed by atoms with Gasteiger partial charge < -0.3 is 20.2 Å². The number of rotatable bonds is 9. The number of urea groups is 1. The van der Waals surface area contributed by atoms with Crippen molar-refractivity contribution in [3.05, 3.63) is 81.5 Å². The molecule has 0 radical (unpaired) electrons. The summed E-state index contributed by atoms with van der Waals surface area (Å²) in [5, 5.41) is 13.0. The van der Waals surface area contributed by atoms with Crippen LogP contribution in [-0.4, -0.2) is 53.0 Å². The molecule has 2 N–H and O–H groups in total. The molecule has 0 fully saturated rings. The topological polar surface area (TPSA) is 90.0 Å². The van der Waals surface area contributed by atoms with E-state index in [1.807, 2.05) is 25.1 Å². The molecule has 3 amide bonds. The van der Waals surface area contributed by atoms with Gasteiger partial charge in [0.1, 0.15) is 0 Å². The van der Waals surface area contributed by atoms with Crippen LogP contribution in [0.1, 0.15) is 42.5 Å². The Bertz CT molecular complexity index is 1110. The summed E-state index contributed by atoms with van der Waals surface area (Å²) in [5.41, 5.74) is 3.32. The van der Waals surface area contributed by atoms with E-state index in [2.05, 4.69) is 11.4 Å². The first-order valence-electron chi connectivity index (χ1n) is 11.2. The van der Waals surface area contributed by atoms with E-state index < -0.39 is 12.0 Å². The highest BCUT2D eigenvalue weighted by Gasteiger charge is 2.37. The number of amides is 3. The lowest BCUT2D eigenvalue weighted by Crippen LogP contribution is -2.49. The van der Waals surface area contributed by atoms with Gasteiger partial charge in [0, 0.05) is 37.3 Å². The first-order chi connectivity index (χ1) is 16.2. The monoisotopic (exact) mass is 483 g/mol. The number of carbonyl (C=O) groups excluding carboxylic acids is 2. The molecule has 0 saturated heterocycles. The largest absolute Gasteiger partial charge is 0.478 e. The number of aliphatic carboxylic acids is 1. The molecule has 1 aliphatic heterocycles. The van der Waals surface area contributed by atoms with Gasteiger partial charge in [0.05, 0.1) is 11.6 Å². The third-order valence-electron chi connectivity index (χ3n) is 5.97. The van der Waals surface area contributed by atoms with Crippen molar-refractivity contribution in [3.8, 4) is 0 Å². The Morgan fingerprint density at radius 2 is 1.88 bits per heavy atom. The maximum Gasteiger partial charge on any atom is 0.335 e. The smallest absolute Gasteiger partial charge is 0.335 e. The van der Waals surface area contributed by atoms with Crippen molar-refractivity contribution < 1.29 is 19.5 Å². The fourth-order valence-corrected chi connectivity index (χ4v) is 4.42. The van der Waals surface area contributed by atoms with Gasteiger partial charge in [0.15, 0.2) is 0 Å². The van der Waals surface area contributed by atoms with E-state index in [4.69, 9.17) is 11.6 Å². The van der Waals surface area contributed by atoms with Gasteiger partial charge in [-0.1, -0.05) is 53.6 Å². The van der Waals surface area contributed by atoms with Crippen molar-refractivity contribution in [2.24, 2.45) is 0 Å². The van der Waals surface area contributed by atoms with Crippen molar-refractivity contribution in [2.45, 2.75) is 39.2 Å². The predicted molar refractivity (Wildman–Crippen MR) is 132 cm³/mol. The van der Waals surface area contributed by atoms with Crippen LogP contribution < -0.4 is 5.32 Å². The summed E-state index contributed by atoms with van der Waals surface area (Å²) < 4.78 is 0. The highest BCUT2D eigenvalue weighted by Crippen LogP contribution is 2.34. The molecule has 1 aliphatic rings. The van der Waals surface area contributed by atoms with Gasteiger partial charge in [-0.05, 0) is 49.9 Å². The summed E-state index contributed by atoms with van der Waals surface area (Å²) in [4.78, 5) is 40.6. The third-order valence-corrected chi connectivity index (χ3v) is 6.20. The number of benzene rings is 2. The lowest BCUT2D eigenvalue weighted by molar-refractivity contribution is -0.133. The summed E-state index contributed by atoms with van der Waals surface area (Å²) in [6, 6.07) is 13.8. The van der Waals surface area contributed by atoms with Crippen molar-refractivity contribution in [1.82, 2.24) is 15.1 Å². The molecule has 0 spiro atoms. The minimum absolute atomic E-state index is 0.0259. The van der Waals surface area contributed by atoms with Crippen LogP contribution >= 0.6 is 11.6 Å². The summed E-state index contributed by atoms with van der Waals surface area (Å²) >= 11 is 6.15. The van der Waals surface area contributed by atoms with E-state index in [9.17, 15) is 19.5 Å². The van der Waals surface area contributed by atoms with Gasteiger partial charge in [-0.25, -0.2) is 9.59 Å². The summed E-state index contributed by atoms with van der Waals surface area (Å²) in [7, 11) is 1.75. The van der Waals surface area contributed by atoms with Crippen molar-refractivity contribution >= 4 is 29.5 Å². The number of carboxylic acid groups (broad SMARTS) is 1. The number of aryl methyl sites for hydroxylation is 2. The van der Waals surface area contributed by atoms with Crippen LogP contribution in [0.4, 0.5) is 4.79 Å². The number of nitrogens with zero attached hydrogens (tertiary/aromatic N) is 2. The number of hydrogen-bond acceptors (Lipinski definition) is 3. The molecular formula is C26H30ClN3O4. The molecule has 2 aromatic carbocycles. The Hall–Kier alpha value is -3.32. The maximum absolute atomic E-state index is 12.8. The van der Waals surface area contributed by atoms with E-state index in [1.165, 1.54) is 4.90 Å². The van der Waals surface area contributed by atoms with Gasteiger partial charge in [-0.15, -0.1) is 0 Å². The van der Waals surface area contributed by atoms with Crippen LogP contribution in [0.2, 0.25) is 5.02 Å². The fourth-order valence-electron chi connectivity index (χ4n) is 4.22.